The molecule has 25 nitrogen and oxygen atoms in total. The minimum Gasteiger partial charge on any atom is -0.496 e. The first-order chi connectivity index (χ1) is 44.1. The number of hydrogen-bond donors (Lipinski definition) is 2. The Balaban J connectivity index is 0.951. The molecule has 4 aliphatic heterocycles. The molecule has 0 radical (unpaired) electrons. The summed E-state index contributed by atoms with van der Waals surface area (Å²) in [7, 11) is 6.00. The molecule has 2 N–H and O–H groups in total. The Morgan fingerprint density at radius 1 is 0.462 bits per heavy atom. The van der Waals surface area contributed by atoms with Crippen LogP contribution in [0.25, 0.3) is 22.3 Å². The smallest absolute Gasteiger partial charge is 0.410 e. The molecule has 93 heavy (non-hydrogen) atoms. The zero-order valence-corrected chi connectivity index (χ0v) is 55.4. The average Bonchev–Trinajstić information content (AvgIpc) is 1.88. The number of nitrogens with one attached hydrogen (secondary N) is 2. The molecule has 4 aromatic carbocycles. The van der Waals surface area contributed by atoms with Crippen molar-refractivity contribution in [3.63, 3.8) is 0 Å². The molecule has 6 amide bonds. The van der Waals surface area contributed by atoms with Gasteiger partial charge in [0.2, 0.25) is 0 Å². The Labute approximate surface area is 542 Å². The van der Waals surface area contributed by atoms with Crippen LogP contribution in [0.4, 0.5) is 19.2 Å². The molecule has 0 saturated carbocycles. The molecule has 4 fully saturated rings. The van der Waals surface area contributed by atoms with Crippen molar-refractivity contribution in [3.05, 3.63) is 95.1 Å². The van der Waals surface area contributed by atoms with Crippen LogP contribution in [0.15, 0.2) is 72.8 Å². The number of hydrogen-bond acceptors (Lipinski definition) is 19. The third-order valence-electron chi connectivity index (χ3n) is 16.4. The van der Waals surface area contributed by atoms with E-state index in [0.29, 0.717) is 133 Å². The molecule has 4 atom stereocenters. The number of esters is 2. The van der Waals surface area contributed by atoms with Crippen molar-refractivity contribution >= 4 is 48.1 Å². The monoisotopic (exact) mass is 1290 g/mol. The van der Waals surface area contributed by atoms with Crippen LogP contribution < -0.4 is 29.6 Å². The highest BCUT2D eigenvalue weighted by Gasteiger charge is 2.43. The lowest BCUT2D eigenvalue weighted by molar-refractivity contribution is -0.165. The van der Waals surface area contributed by atoms with Crippen molar-refractivity contribution in [2.45, 2.75) is 142 Å². The number of carbonyl (C=O) groups excluding carboxylic acids is 8. The van der Waals surface area contributed by atoms with Gasteiger partial charge in [0.1, 0.15) is 70.7 Å². The molecule has 8 rings (SSSR count). The topological polar surface area (TPSA) is 275 Å². The molecular formula is C68H88N6O19. The lowest BCUT2D eigenvalue weighted by Crippen LogP contribution is -2.54. The highest BCUT2D eigenvalue weighted by atomic mass is 16.6. The molecule has 0 bridgehead atoms. The van der Waals surface area contributed by atoms with Gasteiger partial charge >= 0.3 is 36.3 Å². The number of ether oxygens (including phenoxy) is 11. The maximum atomic E-state index is 14.5. The highest BCUT2D eigenvalue weighted by molar-refractivity contribution is 5.97. The summed E-state index contributed by atoms with van der Waals surface area (Å²) in [5, 5.41) is 5.60. The average molecular weight is 1290 g/mol. The largest absolute Gasteiger partial charge is 0.496 e. The van der Waals surface area contributed by atoms with Gasteiger partial charge in [-0.2, -0.15) is 0 Å². The van der Waals surface area contributed by atoms with Crippen molar-refractivity contribution in [3.8, 4) is 45.3 Å². The maximum absolute atomic E-state index is 14.5. The first-order valence-electron chi connectivity index (χ1n) is 31.2. The minimum absolute atomic E-state index is 0.101. The minimum atomic E-state index is -1.41. The Hall–Kier alpha value is -8.84. The van der Waals surface area contributed by atoms with Crippen LogP contribution in [0, 0.1) is 0 Å². The van der Waals surface area contributed by atoms with E-state index in [4.69, 9.17) is 52.1 Å². The van der Waals surface area contributed by atoms with E-state index in [2.05, 4.69) is 10.6 Å². The number of rotatable bonds is 20. The third kappa shape index (κ3) is 18.3. The van der Waals surface area contributed by atoms with E-state index >= 15 is 0 Å². The summed E-state index contributed by atoms with van der Waals surface area (Å²) < 4.78 is 63.1. The summed E-state index contributed by atoms with van der Waals surface area (Å²) >= 11 is 0. The van der Waals surface area contributed by atoms with E-state index in [1.807, 2.05) is 0 Å². The fourth-order valence-electron chi connectivity index (χ4n) is 11.2. The van der Waals surface area contributed by atoms with Crippen molar-refractivity contribution < 1.29 is 90.5 Å². The number of carbonyl (C=O) groups is 8. The van der Waals surface area contributed by atoms with Crippen LogP contribution in [0.2, 0.25) is 0 Å². The first-order valence-corrected chi connectivity index (χ1v) is 31.2. The summed E-state index contributed by atoms with van der Waals surface area (Å²) in [5.74, 6) is -1.63. The van der Waals surface area contributed by atoms with E-state index in [1.54, 1.807) is 138 Å². The van der Waals surface area contributed by atoms with E-state index in [-0.39, 0.29) is 52.2 Å². The second-order valence-electron chi connectivity index (χ2n) is 25.7. The van der Waals surface area contributed by atoms with Gasteiger partial charge in [-0.25, -0.2) is 28.8 Å². The molecule has 0 aromatic heterocycles. The van der Waals surface area contributed by atoms with E-state index in [9.17, 15) is 38.4 Å². The lowest BCUT2D eigenvalue weighted by Gasteiger charge is -2.35. The molecule has 25 heteroatoms. The summed E-state index contributed by atoms with van der Waals surface area (Å²) in [6.45, 7) is 16.8. The van der Waals surface area contributed by atoms with Gasteiger partial charge < -0.3 is 82.3 Å². The number of methoxy groups -OCH3 is 4. The van der Waals surface area contributed by atoms with Gasteiger partial charge in [0.25, 0.3) is 11.8 Å². The Bertz CT molecular complexity index is 3060. The van der Waals surface area contributed by atoms with Crippen LogP contribution >= 0.6 is 0 Å². The van der Waals surface area contributed by atoms with Crippen molar-refractivity contribution in [2.75, 3.05) is 94.0 Å². The van der Waals surface area contributed by atoms with Gasteiger partial charge in [0.15, 0.2) is 0 Å². The van der Waals surface area contributed by atoms with Gasteiger partial charge in [-0.1, -0.05) is 48.5 Å². The van der Waals surface area contributed by atoms with Crippen molar-refractivity contribution in [1.82, 2.24) is 30.2 Å². The zero-order chi connectivity index (χ0) is 67.4. The lowest BCUT2D eigenvalue weighted by atomic mass is 9.97. The Kier molecular flexibility index (Phi) is 22.8. The first kappa shape index (κ1) is 70.0. The van der Waals surface area contributed by atoms with E-state index in [1.165, 1.54) is 38.2 Å². The third-order valence-corrected chi connectivity index (χ3v) is 16.4. The Morgan fingerprint density at radius 2 is 0.763 bits per heavy atom. The maximum Gasteiger partial charge on any atom is 0.410 e. The van der Waals surface area contributed by atoms with E-state index < -0.39 is 82.6 Å². The molecule has 4 heterocycles. The molecule has 0 aliphatic carbocycles. The molecule has 4 saturated heterocycles. The fourth-order valence-corrected chi connectivity index (χ4v) is 11.2. The molecule has 4 aromatic rings. The molecule has 4 aliphatic rings. The highest BCUT2D eigenvalue weighted by Crippen LogP contribution is 2.42. The number of benzene rings is 4. The van der Waals surface area contributed by atoms with Gasteiger partial charge in [0.05, 0.1) is 39.6 Å². The van der Waals surface area contributed by atoms with Gasteiger partial charge in [-0.15, -0.1) is 0 Å². The summed E-state index contributed by atoms with van der Waals surface area (Å²) in [4.78, 5) is 115. The van der Waals surface area contributed by atoms with Crippen LogP contribution in [0.3, 0.4) is 0 Å². The van der Waals surface area contributed by atoms with Gasteiger partial charge in [0, 0.05) is 78.4 Å². The van der Waals surface area contributed by atoms with Crippen molar-refractivity contribution in [2.24, 2.45) is 0 Å². The Morgan fingerprint density at radius 3 is 1.03 bits per heavy atom. The standard InChI is InChI=1S/C68H88N6O19/c1-65(2,3)92-63(81)73-29-25-71(26-30-73)61(79)87-41-45-37-51(83-9)55(52(38-45)84-10)47-19-15-43(16-20-47)35-49(69-59(77)67(7)23-13-33-89-67)57(75)91-58(76)50(70-60(78)68(8)24-14-34-90-68)36-44-17-21-48(22-18-44)56-53(85-11)39-46(40-54(56)86-12)42-88-62(80)72-27-31-74(32-28-72)64(82)93-66(4,5)6/h15-22,37-40,49-50H,13-14,23-36,41-42H2,1-12H3,(H,69,77)(H,70,78)/t49-,50-,67?,68?/m0/s1. The summed E-state index contributed by atoms with van der Waals surface area (Å²) in [5.41, 5.74) is 1.01. The molecule has 504 valence electrons. The summed E-state index contributed by atoms with van der Waals surface area (Å²) in [6.07, 6.45) is -0.191. The van der Waals surface area contributed by atoms with Crippen LogP contribution in [-0.4, -0.2) is 196 Å². The zero-order valence-electron chi connectivity index (χ0n) is 55.4. The fraction of sp³-hybridized carbons (Fsp3) is 0.529. The molecule has 2 unspecified atom stereocenters. The van der Waals surface area contributed by atoms with Crippen LogP contribution in [-0.2, 0) is 78.4 Å². The normalized spacial score (nSPS) is 18.9. The van der Waals surface area contributed by atoms with E-state index in [0.717, 1.165) is 0 Å². The number of piperazine rings is 2. The second-order valence-corrected chi connectivity index (χ2v) is 25.7. The number of nitrogens with zero attached hydrogens (tertiary/aromatic N) is 4. The van der Waals surface area contributed by atoms with Gasteiger partial charge in [-0.05, 0) is 139 Å². The SMILES string of the molecule is COc1cc(COC(=O)N2CCN(C(=O)OC(C)(C)C)CC2)cc(OC)c1-c1ccc(C[C@H](NC(=O)C2(C)CCCO2)C(=O)OC(=O)[C@H](Cc2ccc(-c3c(OC)cc(COC(=O)N4CCN(C(=O)OC(C)(C)C)CC4)cc3OC)cc2)NC(=O)C2(C)CCCO2)cc1. The molecule has 0 spiro atoms. The predicted octanol–water partition coefficient (Wildman–Crippen LogP) is 8.40. The van der Waals surface area contributed by atoms with Gasteiger partial charge in [-0.3, -0.25) is 9.59 Å². The van der Waals surface area contributed by atoms with Crippen LogP contribution in [0.1, 0.15) is 103 Å². The molecular weight excluding hydrogens is 1200 g/mol. The van der Waals surface area contributed by atoms with Crippen molar-refractivity contribution in [1.29, 1.82) is 0 Å². The summed E-state index contributed by atoms with van der Waals surface area (Å²) in [6, 6.07) is 18.3. The number of amides is 6. The quantitative estimate of drug-likeness (QED) is 0.0477. The predicted molar refractivity (Wildman–Crippen MR) is 339 cm³/mol. The van der Waals surface area contributed by atoms with Crippen LogP contribution in [0.5, 0.6) is 23.0 Å². The second kappa shape index (κ2) is 30.3.